The molecule has 1 radical (unpaired) electrons. The van der Waals surface area contributed by atoms with Gasteiger partial charge in [-0.15, -0.1) is 0 Å². The maximum atomic E-state index is 12.0. The topological polar surface area (TPSA) is 14.1 Å². The van der Waals surface area contributed by atoms with Gasteiger partial charge in [0.15, 0.2) is 6.30 Å². The van der Waals surface area contributed by atoms with Gasteiger partial charge in [-0.3, -0.25) is 0 Å². The second-order valence-corrected chi connectivity index (χ2v) is 1.51. The van der Waals surface area contributed by atoms with E-state index in [0.29, 0.717) is 13.0 Å². The van der Waals surface area contributed by atoms with E-state index in [-0.39, 0.29) is 0 Å². The third-order valence-corrected chi connectivity index (χ3v) is 0.906. The third-order valence-electron chi connectivity index (χ3n) is 0.906. The Morgan fingerprint density at radius 1 is 1.57 bits per heavy atom. The summed E-state index contributed by atoms with van der Waals surface area (Å²) in [6.07, 6.45) is 3.23. The van der Waals surface area contributed by atoms with Crippen molar-refractivity contribution in [3.63, 3.8) is 0 Å². The first-order chi connectivity index (χ1) is 3.39. The molecule has 0 aromatic heterocycles. The first kappa shape index (κ1) is 4.78. The van der Waals surface area contributed by atoms with Gasteiger partial charge in [-0.25, -0.2) is 9.71 Å². The van der Waals surface area contributed by atoms with E-state index in [1.54, 1.807) is 0 Å². The van der Waals surface area contributed by atoms with E-state index in [0.717, 1.165) is 0 Å². The summed E-state index contributed by atoms with van der Waals surface area (Å²) in [6, 6.07) is 0. The first-order valence-electron chi connectivity index (χ1n) is 2.35. The Balaban J connectivity index is 2.32. The Hall–Kier alpha value is -0.370. The molecule has 0 spiro atoms. The van der Waals surface area contributed by atoms with Gasteiger partial charge in [0.1, 0.15) is 0 Å². The summed E-state index contributed by atoms with van der Waals surface area (Å²) < 4.78 is 12.0. The van der Waals surface area contributed by atoms with E-state index in [2.05, 4.69) is 5.32 Å². The summed E-state index contributed by atoms with van der Waals surface area (Å²) in [5, 5.41) is 3.58. The van der Waals surface area contributed by atoms with E-state index >= 15 is 0 Å². The second-order valence-electron chi connectivity index (χ2n) is 1.51. The van der Waals surface area contributed by atoms with Gasteiger partial charge in [-0.2, -0.15) is 0 Å². The molecular weight excluding hydrogens is 93.1 g/mol. The standard InChI is InChI=1S/C5H7FN/c6-5-3-1-2-4-7-5/h1-2,5H,3-4H2. The van der Waals surface area contributed by atoms with E-state index in [1.165, 1.54) is 0 Å². The Bertz CT molecular complexity index is 80.1. The molecule has 0 aliphatic carbocycles. The smallest absolute Gasteiger partial charge is 0.169 e. The van der Waals surface area contributed by atoms with Crippen LogP contribution in [0.25, 0.3) is 0 Å². The summed E-state index contributed by atoms with van der Waals surface area (Å²) in [5.74, 6) is 0. The van der Waals surface area contributed by atoms with Crippen LogP contribution < -0.4 is 5.32 Å². The van der Waals surface area contributed by atoms with Gasteiger partial charge in [-0.05, 0) is 0 Å². The van der Waals surface area contributed by atoms with Crippen LogP contribution in [-0.4, -0.2) is 12.8 Å². The summed E-state index contributed by atoms with van der Waals surface area (Å²) in [6.45, 7) is 0.557. The lowest BCUT2D eigenvalue weighted by atomic mass is 10.3. The molecule has 39 valence electrons. The van der Waals surface area contributed by atoms with Gasteiger partial charge >= 0.3 is 0 Å². The molecule has 0 saturated carbocycles. The lowest BCUT2D eigenvalue weighted by Crippen LogP contribution is -2.19. The number of hydrogen-bond donors (Lipinski definition) is 0. The van der Waals surface area contributed by atoms with Gasteiger partial charge < -0.3 is 0 Å². The van der Waals surface area contributed by atoms with Crippen LogP contribution in [0.4, 0.5) is 4.39 Å². The molecule has 0 aromatic rings. The fraction of sp³-hybridized carbons (Fsp3) is 0.600. The molecule has 0 bridgehead atoms. The molecule has 1 atom stereocenters. The molecule has 1 rings (SSSR count). The SMILES string of the molecule is FC1CC=CC[N]1. The fourth-order valence-corrected chi connectivity index (χ4v) is 0.533. The van der Waals surface area contributed by atoms with Gasteiger partial charge in [0.25, 0.3) is 0 Å². The van der Waals surface area contributed by atoms with Crippen molar-refractivity contribution in [3.8, 4) is 0 Å². The number of rotatable bonds is 0. The number of nitrogens with zero attached hydrogens (tertiary/aromatic N) is 1. The molecular formula is C5H7FN. The quantitative estimate of drug-likeness (QED) is 0.316. The Morgan fingerprint density at radius 3 is 2.71 bits per heavy atom. The minimum atomic E-state index is -0.926. The van der Waals surface area contributed by atoms with Crippen LogP contribution in [0, 0.1) is 0 Å². The molecule has 1 aliphatic heterocycles. The Morgan fingerprint density at radius 2 is 2.43 bits per heavy atom. The van der Waals surface area contributed by atoms with Crippen molar-refractivity contribution in [2.45, 2.75) is 12.7 Å². The first-order valence-corrected chi connectivity index (χ1v) is 2.35. The zero-order valence-electron chi connectivity index (χ0n) is 3.97. The highest BCUT2D eigenvalue weighted by molar-refractivity contribution is 4.90. The highest BCUT2D eigenvalue weighted by atomic mass is 19.1. The van der Waals surface area contributed by atoms with Crippen LogP contribution in [0.5, 0.6) is 0 Å². The average Bonchev–Trinajstić information content (AvgIpc) is 1.69. The predicted molar refractivity (Wildman–Crippen MR) is 25.7 cm³/mol. The van der Waals surface area contributed by atoms with Crippen molar-refractivity contribution < 1.29 is 4.39 Å². The Kier molecular flexibility index (Phi) is 1.42. The maximum Gasteiger partial charge on any atom is 0.169 e. The Labute approximate surface area is 42.2 Å². The molecule has 1 heterocycles. The predicted octanol–water partition coefficient (Wildman–Crippen LogP) is 0.846. The average molecular weight is 100 g/mol. The van der Waals surface area contributed by atoms with Crippen LogP contribution in [-0.2, 0) is 0 Å². The monoisotopic (exact) mass is 100 g/mol. The fourth-order valence-electron chi connectivity index (χ4n) is 0.533. The van der Waals surface area contributed by atoms with Crippen LogP contribution in [0.1, 0.15) is 6.42 Å². The number of halogens is 1. The van der Waals surface area contributed by atoms with Crippen molar-refractivity contribution in [3.05, 3.63) is 12.2 Å². The van der Waals surface area contributed by atoms with Gasteiger partial charge in [0.05, 0.1) is 0 Å². The van der Waals surface area contributed by atoms with Crippen LogP contribution >= 0.6 is 0 Å². The van der Waals surface area contributed by atoms with E-state index in [4.69, 9.17) is 0 Å². The van der Waals surface area contributed by atoms with Crippen molar-refractivity contribution in [1.82, 2.24) is 5.32 Å². The van der Waals surface area contributed by atoms with E-state index in [1.807, 2.05) is 12.2 Å². The lowest BCUT2D eigenvalue weighted by Gasteiger charge is -2.06. The number of hydrogen-bond acceptors (Lipinski definition) is 0. The zero-order chi connectivity index (χ0) is 5.11. The maximum absolute atomic E-state index is 12.0. The molecule has 1 aliphatic rings. The third kappa shape index (κ3) is 1.27. The van der Waals surface area contributed by atoms with Gasteiger partial charge in [-0.1, -0.05) is 12.2 Å². The molecule has 1 nitrogen and oxygen atoms in total. The molecule has 0 saturated heterocycles. The van der Waals surface area contributed by atoms with Crippen LogP contribution in [0.3, 0.4) is 0 Å². The lowest BCUT2D eigenvalue weighted by molar-refractivity contribution is 0.272. The molecule has 2 heteroatoms. The summed E-state index contributed by atoms with van der Waals surface area (Å²) in [4.78, 5) is 0. The molecule has 7 heavy (non-hydrogen) atoms. The van der Waals surface area contributed by atoms with Crippen molar-refractivity contribution in [1.29, 1.82) is 0 Å². The highest BCUT2D eigenvalue weighted by Gasteiger charge is 2.04. The highest BCUT2D eigenvalue weighted by Crippen LogP contribution is 2.00. The van der Waals surface area contributed by atoms with E-state index < -0.39 is 6.30 Å². The molecule has 0 N–H and O–H groups in total. The zero-order valence-corrected chi connectivity index (χ0v) is 3.97. The van der Waals surface area contributed by atoms with E-state index in [9.17, 15) is 4.39 Å². The minimum absolute atomic E-state index is 0.472. The van der Waals surface area contributed by atoms with Crippen molar-refractivity contribution in [2.24, 2.45) is 0 Å². The van der Waals surface area contributed by atoms with Gasteiger partial charge in [0.2, 0.25) is 0 Å². The summed E-state index contributed by atoms with van der Waals surface area (Å²) in [5.41, 5.74) is 0. The minimum Gasteiger partial charge on any atom is -0.228 e. The van der Waals surface area contributed by atoms with Crippen LogP contribution in [0.15, 0.2) is 12.2 Å². The van der Waals surface area contributed by atoms with Crippen molar-refractivity contribution in [2.75, 3.05) is 6.54 Å². The summed E-state index contributed by atoms with van der Waals surface area (Å²) in [7, 11) is 0. The second kappa shape index (κ2) is 2.07. The van der Waals surface area contributed by atoms with Crippen molar-refractivity contribution >= 4 is 0 Å². The van der Waals surface area contributed by atoms with Crippen LogP contribution in [0.2, 0.25) is 0 Å². The summed E-state index contributed by atoms with van der Waals surface area (Å²) >= 11 is 0. The largest absolute Gasteiger partial charge is 0.228 e. The number of alkyl halides is 1. The molecule has 0 amide bonds. The van der Waals surface area contributed by atoms with Gasteiger partial charge in [0, 0.05) is 13.0 Å². The molecule has 0 aromatic carbocycles. The molecule has 0 fully saturated rings. The molecule has 1 unspecified atom stereocenters. The normalized spacial score (nSPS) is 30.7.